The first kappa shape index (κ1) is 8.12. The van der Waals surface area contributed by atoms with Crippen LogP contribution in [0.4, 0.5) is 10.1 Å². The van der Waals surface area contributed by atoms with Crippen LogP contribution >= 0.6 is 0 Å². The predicted octanol–water partition coefficient (Wildman–Crippen LogP) is 1.81. The smallest absolute Gasteiger partial charge is 0.305 e. The third-order valence-electron chi connectivity index (χ3n) is 1.87. The van der Waals surface area contributed by atoms with Crippen LogP contribution in [0.15, 0.2) is 18.2 Å². The second-order valence-corrected chi connectivity index (χ2v) is 2.79. The number of rotatable bonds is 2. The highest BCUT2D eigenvalue weighted by Gasteiger charge is 2.27. The predicted molar refractivity (Wildman–Crippen MR) is 41.7 cm³/mol. The van der Waals surface area contributed by atoms with Crippen molar-refractivity contribution >= 4 is 5.69 Å². The lowest BCUT2D eigenvalue weighted by molar-refractivity contribution is -0.387. The van der Waals surface area contributed by atoms with Crippen molar-refractivity contribution in [2.75, 3.05) is 6.61 Å². The number of hydrogen-bond donors (Lipinski definition) is 0. The number of epoxide rings is 1. The number of nitro groups is 1. The second kappa shape index (κ2) is 2.77. The zero-order valence-corrected chi connectivity index (χ0v) is 6.57. The van der Waals surface area contributed by atoms with E-state index in [4.69, 9.17) is 4.74 Å². The number of halogens is 1. The molecule has 0 N–H and O–H groups in total. The van der Waals surface area contributed by atoms with E-state index in [9.17, 15) is 14.5 Å². The molecule has 1 unspecified atom stereocenters. The van der Waals surface area contributed by atoms with Gasteiger partial charge in [0.25, 0.3) is 0 Å². The van der Waals surface area contributed by atoms with Crippen LogP contribution in [0.25, 0.3) is 0 Å². The van der Waals surface area contributed by atoms with Crippen LogP contribution < -0.4 is 0 Å². The maximum atomic E-state index is 12.8. The van der Waals surface area contributed by atoms with Crippen molar-refractivity contribution in [2.45, 2.75) is 6.10 Å². The Labute approximate surface area is 73.1 Å². The van der Waals surface area contributed by atoms with E-state index in [-0.39, 0.29) is 6.10 Å². The fraction of sp³-hybridized carbons (Fsp3) is 0.250. The van der Waals surface area contributed by atoms with E-state index in [1.807, 2.05) is 0 Å². The fourth-order valence-electron chi connectivity index (χ4n) is 1.11. The van der Waals surface area contributed by atoms with Crippen molar-refractivity contribution in [3.05, 3.63) is 39.7 Å². The van der Waals surface area contributed by atoms with Gasteiger partial charge in [0.1, 0.15) is 6.10 Å². The zero-order chi connectivity index (χ0) is 9.42. The molecule has 1 aliphatic heterocycles. The Bertz CT molecular complexity index is 362. The van der Waals surface area contributed by atoms with Crippen molar-refractivity contribution in [3.63, 3.8) is 0 Å². The molecule has 1 saturated heterocycles. The summed E-state index contributed by atoms with van der Waals surface area (Å²) >= 11 is 0. The largest absolute Gasteiger partial charge is 0.368 e. The molecule has 1 atom stereocenters. The van der Waals surface area contributed by atoms with E-state index < -0.39 is 16.4 Å². The van der Waals surface area contributed by atoms with Crippen molar-refractivity contribution in [1.82, 2.24) is 0 Å². The SMILES string of the molecule is O=[N+]([O-])c1cc(C2CO2)ccc1F. The molecule has 1 aromatic carbocycles. The molecule has 2 rings (SSSR count). The summed E-state index contributed by atoms with van der Waals surface area (Å²) in [6.07, 6.45) is -0.0840. The highest BCUT2D eigenvalue weighted by molar-refractivity contribution is 5.37. The van der Waals surface area contributed by atoms with Crippen LogP contribution in [0.3, 0.4) is 0 Å². The van der Waals surface area contributed by atoms with Gasteiger partial charge in [-0.05, 0) is 11.6 Å². The standard InChI is InChI=1S/C8H6FNO3/c9-6-2-1-5(8-4-13-8)3-7(6)10(11)12/h1-3,8H,4H2. The Morgan fingerprint density at radius 2 is 2.31 bits per heavy atom. The maximum absolute atomic E-state index is 12.8. The molecule has 68 valence electrons. The fourth-order valence-corrected chi connectivity index (χ4v) is 1.11. The van der Waals surface area contributed by atoms with Gasteiger partial charge in [0.05, 0.1) is 11.5 Å². The third-order valence-corrected chi connectivity index (χ3v) is 1.87. The second-order valence-electron chi connectivity index (χ2n) is 2.79. The summed E-state index contributed by atoms with van der Waals surface area (Å²) < 4.78 is 17.7. The van der Waals surface area contributed by atoms with Gasteiger partial charge in [0.2, 0.25) is 5.82 Å². The molecule has 0 spiro atoms. The molecule has 0 aromatic heterocycles. The Morgan fingerprint density at radius 3 is 2.85 bits per heavy atom. The van der Waals surface area contributed by atoms with Crippen LogP contribution in [0, 0.1) is 15.9 Å². The van der Waals surface area contributed by atoms with Crippen LogP contribution in [-0.2, 0) is 4.74 Å². The number of hydrogen-bond acceptors (Lipinski definition) is 3. The molecule has 0 amide bonds. The van der Waals surface area contributed by atoms with Crippen LogP contribution in [-0.4, -0.2) is 11.5 Å². The molecule has 13 heavy (non-hydrogen) atoms. The molecule has 1 aromatic rings. The van der Waals surface area contributed by atoms with Gasteiger partial charge in [0, 0.05) is 6.07 Å². The molecule has 0 radical (unpaired) electrons. The van der Waals surface area contributed by atoms with Gasteiger partial charge in [0.15, 0.2) is 0 Å². The number of ether oxygens (including phenoxy) is 1. The Kier molecular flexibility index (Phi) is 1.73. The first-order chi connectivity index (χ1) is 6.18. The third kappa shape index (κ3) is 1.50. The van der Waals surface area contributed by atoms with E-state index in [0.29, 0.717) is 12.2 Å². The molecule has 1 aliphatic rings. The van der Waals surface area contributed by atoms with E-state index in [2.05, 4.69) is 0 Å². The van der Waals surface area contributed by atoms with Gasteiger partial charge in [-0.3, -0.25) is 10.1 Å². The van der Waals surface area contributed by atoms with Crippen molar-refractivity contribution in [1.29, 1.82) is 0 Å². The molecule has 1 heterocycles. The molecule has 0 saturated carbocycles. The zero-order valence-electron chi connectivity index (χ0n) is 6.57. The van der Waals surface area contributed by atoms with Crippen molar-refractivity contribution in [2.24, 2.45) is 0 Å². The number of benzene rings is 1. The highest BCUT2D eigenvalue weighted by atomic mass is 19.1. The minimum absolute atomic E-state index is 0.0840. The van der Waals surface area contributed by atoms with E-state index in [0.717, 1.165) is 6.07 Å². The van der Waals surface area contributed by atoms with Crippen LogP contribution in [0.1, 0.15) is 11.7 Å². The van der Waals surface area contributed by atoms with E-state index in [1.54, 1.807) is 0 Å². The average Bonchev–Trinajstić information content (AvgIpc) is 2.87. The van der Waals surface area contributed by atoms with Gasteiger partial charge >= 0.3 is 5.69 Å². The topological polar surface area (TPSA) is 55.7 Å². The Morgan fingerprint density at radius 1 is 1.62 bits per heavy atom. The first-order valence-corrected chi connectivity index (χ1v) is 3.74. The molecule has 1 fully saturated rings. The summed E-state index contributed by atoms with van der Waals surface area (Å²) in [5.74, 6) is -0.811. The lowest BCUT2D eigenvalue weighted by atomic mass is 10.1. The summed E-state index contributed by atoms with van der Waals surface area (Å²) in [7, 11) is 0. The monoisotopic (exact) mass is 183 g/mol. The maximum Gasteiger partial charge on any atom is 0.305 e. The number of nitrogens with zero attached hydrogens (tertiary/aromatic N) is 1. The minimum atomic E-state index is -0.811. The summed E-state index contributed by atoms with van der Waals surface area (Å²) in [4.78, 5) is 9.61. The van der Waals surface area contributed by atoms with Crippen molar-refractivity contribution in [3.8, 4) is 0 Å². The lowest BCUT2D eigenvalue weighted by Gasteiger charge is -1.96. The lowest BCUT2D eigenvalue weighted by Crippen LogP contribution is -1.93. The number of nitro benzene ring substituents is 1. The normalized spacial score (nSPS) is 19.9. The van der Waals surface area contributed by atoms with Gasteiger partial charge in [-0.1, -0.05) is 6.07 Å². The van der Waals surface area contributed by atoms with E-state index in [1.165, 1.54) is 12.1 Å². The Hall–Kier alpha value is -1.49. The molecule has 0 bridgehead atoms. The quantitative estimate of drug-likeness (QED) is 0.399. The Balaban J connectivity index is 2.41. The molecular formula is C8H6FNO3. The molecular weight excluding hydrogens is 177 g/mol. The van der Waals surface area contributed by atoms with Crippen LogP contribution in [0.2, 0.25) is 0 Å². The molecule has 5 heteroatoms. The van der Waals surface area contributed by atoms with Crippen molar-refractivity contribution < 1.29 is 14.1 Å². The van der Waals surface area contributed by atoms with Gasteiger partial charge < -0.3 is 4.74 Å². The van der Waals surface area contributed by atoms with Gasteiger partial charge in [-0.25, -0.2) is 0 Å². The summed E-state index contributed by atoms with van der Waals surface area (Å²) in [5, 5.41) is 10.3. The minimum Gasteiger partial charge on any atom is -0.368 e. The first-order valence-electron chi connectivity index (χ1n) is 3.74. The van der Waals surface area contributed by atoms with Gasteiger partial charge in [-0.2, -0.15) is 4.39 Å². The molecule has 0 aliphatic carbocycles. The summed E-state index contributed by atoms with van der Waals surface area (Å²) in [5.41, 5.74) is 0.168. The van der Waals surface area contributed by atoms with Crippen LogP contribution in [0.5, 0.6) is 0 Å². The van der Waals surface area contributed by atoms with E-state index >= 15 is 0 Å². The molecule has 4 nitrogen and oxygen atoms in total. The summed E-state index contributed by atoms with van der Waals surface area (Å²) in [6, 6.07) is 3.81. The summed E-state index contributed by atoms with van der Waals surface area (Å²) in [6.45, 7) is 0.558. The average molecular weight is 183 g/mol. The van der Waals surface area contributed by atoms with Gasteiger partial charge in [-0.15, -0.1) is 0 Å². The highest BCUT2D eigenvalue weighted by Crippen LogP contribution is 2.32.